The molecule has 8 heteroatoms. The average Bonchev–Trinajstić information content (AvgIpc) is 3.18. The fraction of sp³-hybridized carbons (Fsp3) is 0.240. The molecule has 0 aliphatic carbocycles. The third kappa shape index (κ3) is 5.97. The van der Waals surface area contributed by atoms with E-state index < -0.39 is 0 Å². The number of pyridine rings is 1. The van der Waals surface area contributed by atoms with Crippen LogP contribution in [0.25, 0.3) is 11.2 Å². The predicted octanol–water partition coefficient (Wildman–Crippen LogP) is 4.68. The number of hydrogen-bond donors (Lipinski definition) is 1. The van der Waals surface area contributed by atoms with Gasteiger partial charge in [0, 0.05) is 37.8 Å². The molecule has 0 spiro atoms. The van der Waals surface area contributed by atoms with Gasteiger partial charge in [-0.05, 0) is 53.9 Å². The molecule has 2 heterocycles. The van der Waals surface area contributed by atoms with Crippen LogP contribution in [0.3, 0.4) is 0 Å². The Hall–Kier alpha value is -3.23. The second-order valence-electron chi connectivity index (χ2n) is 7.54. The van der Waals surface area contributed by atoms with Crippen LogP contribution in [-0.2, 0) is 17.0 Å². The van der Waals surface area contributed by atoms with Gasteiger partial charge in [0.2, 0.25) is 0 Å². The average molecular weight is 465 g/mol. The van der Waals surface area contributed by atoms with Gasteiger partial charge in [-0.15, -0.1) is 0 Å². The number of nitrogens with zero attached hydrogens (tertiary/aromatic N) is 3. The zero-order valence-electron chi connectivity index (χ0n) is 18.3. The summed E-state index contributed by atoms with van der Waals surface area (Å²) < 4.78 is 20.7. The SMILES string of the molecule is COCCCNC(=O)c1ccc(CSc2nc3cccnc3n2Cc2cccc(F)c2)cc1. The summed E-state index contributed by atoms with van der Waals surface area (Å²) >= 11 is 1.59. The maximum Gasteiger partial charge on any atom is 0.251 e. The summed E-state index contributed by atoms with van der Waals surface area (Å²) in [5.74, 6) is 0.331. The van der Waals surface area contributed by atoms with Crippen molar-refractivity contribution in [2.75, 3.05) is 20.3 Å². The molecule has 0 radical (unpaired) electrons. The standard InChI is InChI=1S/C25H25FN4O2S/c1-32-14-4-13-28-24(31)20-10-8-18(9-11-20)17-33-25-29-22-7-3-12-27-23(22)30(25)16-19-5-2-6-21(26)15-19/h2-3,5-12,15H,4,13-14,16-17H2,1H3,(H,28,31). The minimum absolute atomic E-state index is 0.0896. The Morgan fingerprint density at radius 1 is 1.12 bits per heavy atom. The van der Waals surface area contributed by atoms with Gasteiger partial charge in [0.25, 0.3) is 5.91 Å². The van der Waals surface area contributed by atoms with Crippen LogP contribution < -0.4 is 5.32 Å². The fourth-order valence-corrected chi connectivity index (χ4v) is 4.39. The van der Waals surface area contributed by atoms with Gasteiger partial charge in [-0.25, -0.2) is 14.4 Å². The van der Waals surface area contributed by atoms with Crippen LogP contribution in [0.5, 0.6) is 0 Å². The Morgan fingerprint density at radius 3 is 2.76 bits per heavy atom. The quantitative estimate of drug-likeness (QED) is 0.273. The van der Waals surface area contributed by atoms with Crippen molar-refractivity contribution in [3.8, 4) is 0 Å². The minimum atomic E-state index is -0.262. The Bertz CT molecular complexity index is 1230. The van der Waals surface area contributed by atoms with Gasteiger partial charge >= 0.3 is 0 Å². The summed E-state index contributed by atoms with van der Waals surface area (Å²) in [6.45, 7) is 1.69. The van der Waals surface area contributed by atoms with Crippen LogP contribution in [0, 0.1) is 5.82 Å². The van der Waals surface area contributed by atoms with Crippen LogP contribution in [0.4, 0.5) is 4.39 Å². The zero-order valence-corrected chi connectivity index (χ0v) is 19.1. The van der Waals surface area contributed by atoms with Gasteiger partial charge in [-0.2, -0.15) is 0 Å². The van der Waals surface area contributed by atoms with E-state index in [-0.39, 0.29) is 11.7 Å². The van der Waals surface area contributed by atoms with Crippen LogP contribution in [0.2, 0.25) is 0 Å². The smallest absolute Gasteiger partial charge is 0.251 e. The number of aromatic nitrogens is 3. The molecule has 1 N–H and O–H groups in total. The first-order valence-electron chi connectivity index (χ1n) is 10.7. The Balaban J connectivity index is 1.45. The molecule has 0 aliphatic rings. The van der Waals surface area contributed by atoms with Crippen LogP contribution in [0.15, 0.2) is 72.0 Å². The van der Waals surface area contributed by atoms with Crippen molar-refractivity contribution >= 4 is 28.8 Å². The molecule has 0 saturated carbocycles. The molecule has 4 rings (SSSR count). The number of amides is 1. The van der Waals surface area contributed by atoms with E-state index in [2.05, 4.69) is 10.3 Å². The number of nitrogens with one attached hydrogen (secondary N) is 1. The molecule has 2 aromatic carbocycles. The van der Waals surface area contributed by atoms with Gasteiger partial charge in [0.05, 0.1) is 6.54 Å². The predicted molar refractivity (Wildman–Crippen MR) is 128 cm³/mol. The molecular formula is C25H25FN4O2S. The van der Waals surface area contributed by atoms with Crippen LogP contribution >= 0.6 is 11.8 Å². The third-order valence-electron chi connectivity index (χ3n) is 5.09. The Morgan fingerprint density at radius 2 is 1.97 bits per heavy atom. The summed E-state index contributed by atoms with van der Waals surface area (Å²) in [5, 5.41) is 3.70. The molecule has 0 unspecified atom stereocenters. The summed E-state index contributed by atoms with van der Waals surface area (Å²) in [6, 6.07) is 17.9. The first-order valence-corrected chi connectivity index (χ1v) is 11.7. The van der Waals surface area contributed by atoms with E-state index >= 15 is 0 Å². The molecule has 170 valence electrons. The number of carbonyl (C=O) groups excluding carboxylic acids is 1. The largest absolute Gasteiger partial charge is 0.385 e. The van der Waals surface area contributed by atoms with E-state index in [9.17, 15) is 9.18 Å². The Kier molecular flexibility index (Phi) is 7.70. The summed E-state index contributed by atoms with van der Waals surface area (Å²) in [4.78, 5) is 21.5. The number of imidazole rings is 1. The number of rotatable bonds is 10. The number of ether oxygens (including phenoxy) is 1. The molecular weight excluding hydrogens is 439 g/mol. The van der Waals surface area contributed by atoms with Gasteiger partial charge in [-0.1, -0.05) is 36.0 Å². The number of benzene rings is 2. The lowest BCUT2D eigenvalue weighted by Crippen LogP contribution is -2.25. The maximum absolute atomic E-state index is 13.7. The summed E-state index contributed by atoms with van der Waals surface area (Å²) in [6.07, 6.45) is 2.52. The highest BCUT2D eigenvalue weighted by atomic mass is 32.2. The number of halogens is 1. The molecule has 0 aliphatic heterocycles. The Labute approximate surface area is 196 Å². The first kappa shape index (κ1) is 22.9. The van der Waals surface area contributed by atoms with E-state index in [0.717, 1.165) is 33.9 Å². The van der Waals surface area contributed by atoms with Gasteiger partial charge < -0.3 is 10.1 Å². The molecule has 0 atom stereocenters. The lowest BCUT2D eigenvalue weighted by Gasteiger charge is -2.09. The van der Waals surface area contributed by atoms with E-state index in [4.69, 9.17) is 9.72 Å². The number of thioether (sulfide) groups is 1. The van der Waals surface area contributed by atoms with Gasteiger partial charge in [-0.3, -0.25) is 9.36 Å². The number of methoxy groups -OCH3 is 1. The topological polar surface area (TPSA) is 69.0 Å². The lowest BCUT2D eigenvalue weighted by atomic mass is 10.1. The summed E-state index contributed by atoms with van der Waals surface area (Å²) in [7, 11) is 1.64. The lowest BCUT2D eigenvalue weighted by molar-refractivity contribution is 0.0948. The number of carbonyl (C=O) groups is 1. The van der Waals surface area contributed by atoms with E-state index in [0.29, 0.717) is 31.0 Å². The van der Waals surface area contributed by atoms with Crippen LogP contribution in [0.1, 0.15) is 27.9 Å². The van der Waals surface area contributed by atoms with E-state index in [1.54, 1.807) is 31.1 Å². The third-order valence-corrected chi connectivity index (χ3v) is 6.14. The van der Waals surface area contributed by atoms with E-state index in [1.807, 2.05) is 47.0 Å². The molecule has 1 amide bonds. The van der Waals surface area contributed by atoms with Crippen molar-refractivity contribution in [2.24, 2.45) is 0 Å². The monoisotopic (exact) mass is 464 g/mol. The first-order chi connectivity index (χ1) is 16.1. The fourth-order valence-electron chi connectivity index (χ4n) is 3.43. The van der Waals surface area contributed by atoms with Crippen molar-refractivity contribution in [3.05, 3.63) is 89.4 Å². The second kappa shape index (κ2) is 11.1. The van der Waals surface area contributed by atoms with Crippen molar-refractivity contribution in [3.63, 3.8) is 0 Å². The van der Waals surface area contributed by atoms with E-state index in [1.165, 1.54) is 12.1 Å². The van der Waals surface area contributed by atoms with Crippen molar-refractivity contribution in [2.45, 2.75) is 23.9 Å². The number of fused-ring (bicyclic) bond motifs is 1. The molecule has 0 saturated heterocycles. The minimum Gasteiger partial charge on any atom is -0.385 e. The normalized spacial score (nSPS) is 11.1. The van der Waals surface area contributed by atoms with Crippen LogP contribution in [-0.4, -0.2) is 40.7 Å². The molecule has 6 nitrogen and oxygen atoms in total. The van der Waals surface area contributed by atoms with Crippen molar-refractivity contribution in [1.82, 2.24) is 19.9 Å². The molecule has 4 aromatic rings. The highest BCUT2D eigenvalue weighted by molar-refractivity contribution is 7.98. The molecule has 33 heavy (non-hydrogen) atoms. The number of hydrogen-bond acceptors (Lipinski definition) is 5. The maximum atomic E-state index is 13.7. The highest BCUT2D eigenvalue weighted by Crippen LogP contribution is 2.27. The van der Waals surface area contributed by atoms with Crippen molar-refractivity contribution in [1.29, 1.82) is 0 Å². The molecule has 0 bridgehead atoms. The van der Waals surface area contributed by atoms with Crippen molar-refractivity contribution < 1.29 is 13.9 Å². The second-order valence-corrected chi connectivity index (χ2v) is 8.49. The van der Waals surface area contributed by atoms with Gasteiger partial charge in [0.1, 0.15) is 11.3 Å². The molecule has 2 aromatic heterocycles. The highest BCUT2D eigenvalue weighted by Gasteiger charge is 2.13. The zero-order chi connectivity index (χ0) is 23.0. The molecule has 0 fully saturated rings. The summed E-state index contributed by atoms with van der Waals surface area (Å²) in [5.41, 5.74) is 4.13. The van der Waals surface area contributed by atoms with Gasteiger partial charge in [0.15, 0.2) is 10.8 Å².